The number of unbranched alkanes of at least 4 members (excludes halogenated alkanes) is 1. The number of phosphoric ester groups is 1. The number of nitrogens with one attached hydrogen (secondary N) is 11. The van der Waals surface area contributed by atoms with Crippen molar-refractivity contribution < 1.29 is 106 Å². The summed E-state index contributed by atoms with van der Waals surface area (Å²) in [5.41, 5.74) is 6.07. The Morgan fingerprint density at radius 2 is 1.04 bits per heavy atom. The molecule has 0 bridgehead atoms. The summed E-state index contributed by atoms with van der Waals surface area (Å²) in [6.45, 7) is 9.72. The van der Waals surface area contributed by atoms with Crippen molar-refractivity contribution in [3.8, 4) is 0 Å². The van der Waals surface area contributed by atoms with Gasteiger partial charge in [0.2, 0.25) is 82.7 Å². The van der Waals surface area contributed by atoms with Crippen LogP contribution in [0.4, 0.5) is 4.79 Å². The van der Waals surface area contributed by atoms with E-state index in [-0.39, 0.29) is 132 Å². The number of urea groups is 1. The molecule has 7 rings (SSSR count). The molecule has 0 saturated carbocycles. The topological polar surface area (TPSA) is 552 Å². The van der Waals surface area contributed by atoms with Gasteiger partial charge in [0.05, 0.1) is 37.9 Å². The molecular weight excluding hydrogens is 1520 g/mol. The van der Waals surface area contributed by atoms with Crippen LogP contribution in [0.5, 0.6) is 0 Å². The molecule has 113 heavy (non-hydrogen) atoms. The predicted octanol–water partition coefficient (Wildman–Crippen LogP) is -2.48. The van der Waals surface area contributed by atoms with E-state index in [1.54, 1.807) is 83.6 Å². The molecule has 15 atom stereocenters. The maximum Gasteiger partial charge on any atom is 0.469 e. The summed E-state index contributed by atoms with van der Waals surface area (Å²) in [4.78, 5) is 244. The van der Waals surface area contributed by atoms with Crippen LogP contribution in [0.1, 0.15) is 163 Å². The summed E-state index contributed by atoms with van der Waals surface area (Å²) in [6, 6.07) is -7.08. The molecule has 6 heterocycles. The Balaban J connectivity index is 0.988. The fraction of sp³-hybridized carbons (Fsp3) is 0.699. The molecule has 628 valence electrons. The summed E-state index contributed by atoms with van der Waals surface area (Å²) < 4.78 is 17.5. The predicted molar refractivity (Wildman–Crippen MR) is 407 cm³/mol. The number of rotatable bonds is 42. The molecule has 6 aliphatic rings. The SMILES string of the molecule is CC(C)C[C@H](NC(=O)[C@H](CCC(=O)O)NC(=O)[C@H](Cc1ccccc1)NC(=O)CNC(=O)CNC(=O)CCCC[C@@H]1SC[C@@H]2NC(=O)N[C@@H]21)C(=O)N[C@@H](CC(C)C)C(=O)N1CCC[C@H]1C(=O)N[C@H](C(=O)N1CCC[C@H]1C(=O)N1CCC[C@H]1C(=O)N[C@@H](CC(C)C)C(=O)N[C@@H](CO)C(=O)N1CCC[C@H]1C(N)=O)[C@@H](C)OP(=O)(O)O. The lowest BCUT2D eigenvalue weighted by Gasteiger charge is -2.35. The Morgan fingerprint density at radius 3 is 1.64 bits per heavy atom. The summed E-state index contributed by atoms with van der Waals surface area (Å²) in [5, 5.41) is 49.2. The number of carboxylic acid groups (broad SMARTS) is 1. The lowest BCUT2D eigenvalue weighted by molar-refractivity contribution is -0.150. The highest BCUT2D eigenvalue weighted by Crippen LogP contribution is 2.39. The Kier molecular flexibility index (Phi) is 34.6. The third-order valence-electron chi connectivity index (χ3n) is 20.7. The van der Waals surface area contributed by atoms with Crippen LogP contribution in [0.15, 0.2) is 30.3 Å². The Hall–Kier alpha value is -9.04. The molecule has 40 heteroatoms. The molecule has 38 nitrogen and oxygen atoms in total. The number of benzene rings is 1. The second kappa shape index (κ2) is 42.9. The van der Waals surface area contributed by atoms with Crippen LogP contribution in [0.2, 0.25) is 0 Å². The maximum atomic E-state index is 15.0. The van der Waals surface area contributed by atoms with Gasteiger partial charge < -0.3 is 104 Å². The number of likely N-dealkylation sites (tertiary alicyclic amines) is 4. The van der Waals surface area contributed by atoms with Crippen molar-refractivity contribution in [2.24, 2.45) is 23.5 Å². The molecule has 0 aliphatic carbocycles. The van der Waals surface area contributed by atoms with E-state index >= 15 is 0 Å². The summed E-state index contributed by atoms with van der Waals surface area (Å²) in [5.74, 6) is -12.7. The van der Waals surface area contributed by atoms with Gasteiger partial charge in [-0.25, -0.2) is 9.36 Å². The normalized spacial score (nSPS) is 22.1. The zero-order valence-electron chi connectivity index (χ0n) is 65.0. The van der Waals surface area contributed by atoms with E-state index in [2.05, 4.69) is 58.5 Å². The maximum absolute atomic E-state index is 15.0. The molecule has 0 radical (unpaired) electrons. The number of phosphoric acid groups is 1. The number of amides is 16. The number of aliphatic carboxylic acids is 1. The molecule has 16 amide bonds. The third kappa shape index (κ3) is 27.1. The highest BCUT2D eigenvalue weighted by Gasteiger charge is 2.49. The van der Waals surface area contributed by atoms with Crippen LogP contribution < -0.4 is 64.2 Å². The van der Waals surface area contributed by atoms with Gasteiger partial charge in [0.1, 0.15) is 66.5 Å². The van der Waals surface area contributed by atoms with E-state index in [0.29, 0.717) is 37.7 Å². The number of primary amides is 1. The first-order valence-corrected chi connectivity index (χ1v) is 41.5. The van der Waals surface area contributed by atoms with Crippen LogP contribution >= 0.6 is 19.6 Å². The van der Waals surface area contributed by atoms with Crippen molar-refractivity contribution in [1.82, 2.24) is 78.1 Å². The van der Waals surface area contributed by atoms with Crippen molar-refractivity contribution in [2.75, 3.05) is 51.6 Å². The first kappa shape index (κ1) is 91.1. The number of carbonyl (C=O) groups is 16. The zero-order valence-corrected chi connectivity index (χ0v) is 66.7. The largest absolute Gasteiger partial charge is 0.481 e. The number of fused-ring (bicyclic) bond motifs is 1. The lowest BCUT2D eigenvalue weighted by Crippen LogP contribution is -2.62. The molecule has 6 aliphatic heterocycles. The van der Waals surface area contributed by atoms with Gasteiger partial charge >= 0.3 is 19.8 Å². The van der Waals surface area contributed by atoms with Gasteiger partial charge in [-0.2, -0.15) is 11.8 Å². The van der Waals surface area contributed by atoms with Gasteiger partial charge in [-0.1, -0.05) is 78.3 Å². The first-order chi connectivity index (χ1) is 53.4. The highest BCUT2D eigenvalue weighted by molar-refractivity contribution is 8.00. The Labute approximate surface area is 660 Å². The Morgan fingerprint density at radius 1 is 0.558 bits per heavy atom. The lowest BCUT2D eigenvalue weighted by atomic mass is 9.99. The average Bonchev–Trinajstić information content (AvgIpc) is 1.69. The van der Waals surface area contributed by atoms with E-state index in [1.807, 2.05) is 0 Å². The number of hydrogen-bond acceptors (Lipinski definition) is 20. The van der Waals surface area contributed by atoms with E-state index in [0.717, 1.165) is 24.0 Å². The van der Waals surface area contributed by atoms with Gasteiger partial charge in [-0.3, -0.25) is 76.4 Å². The molecule has 0 unspecified atom stereocenters. The van der Waals surface area contributed by atoms with E-state index in [4.69, 9.17) is 10.3 Å². The smallest absolute Gasteiger partial charge is 0.469 e. The van der Waals surface area contributed by atoms with E-state index < -0.39 is 202 Å². The van der Waals surface area contributed by atoms with Crippen LogP contribution in [-0.2, 0) is 87.4 Å². The first-order valence-electron chi connectivity index (χ1n) is 38.9. The minimum absolute atomic E-state index is 0.0115. The molecular formula is C73H113N16O22PS. The van der Waals surface area contributed by atoms with E-state index in [1.165, 1.54) is 14.7 Å². The number of hydrogen-bond donors (Lipinski definition) is 16. The second-order valence-corrected chi connectivity index (χ2v) is 33.5. The number of aliphatic hydroxyl groups excluding tert-OH is 1. The van der Waals surface area contributed by atoms with Gasteiger partial charge in [-0.15, -0.1) is 0 Å². The van der Waals surface area contributed by atoms with Crippen molar-refractivity contribution in [3.05, 3.63) is 35.9 Å². The monoisotopic (exact) mass is 1630 g/mol. The average molecular weight is 1630 g/mol. The number of thioether (sulfide) groups is 1. The van der Waals surface area contributed by atoms with Crippen LogP contribution in [0.25, 0.3) is 0 Å². The molecule has 0 aromatic heterocycles. The van der Waals surface area contributed by atoms with Crippen molar-refractivity contribution >= 4 is 114 Å². The van der Waals surface area contributed by atoms with Gasteiger partial charge in [-0.05, 0) is 120 Å². The third-order valence-corrected chi connectivity index (χ3v) is 22.8. The molecule has 6 saturated heterocycles. The Bertz CT molecular complexity index is 3650. The van der Waals surface area contributed by atoms with Crippen molar-refractivity contribution in [3.63, 3.8) is 0 Å². The minimum atomic E-state index is -5.42. The summed E-state index contributed by atoms with van der Waals surface area (Å²) >= 11 is 1.76. The zero-order chi connectivity index (χ0) is 83.1. The van der Waals surface area contributed by atoms with Crippen molar-refractivity contribution in [1.29, 1.82) is 0 Å². The van der Waals surface area contributed by atoms with Crippen LogP contribution in [-0.4, -0.2) is 276 Å². The van der Waals surface area contributed by atoms with Crippen molar-refractivity contribution in [2.45, 2.75) is 254 Å². The second-order valence-electron chi connectivity index (χ2n) is 31.0. The fourth-order valence-electron chi connectivity index (χ4n) is 15.2. The molecule has 0 spiro atoms. The highest BCUT2D eigenvalue weighted by atomic mass is 32.2. The number of aliphatic hydroxyl groups is 1. The van der Waals surface area contributed by atoms with Crippen LogP contribution in [0, 0.1) is 17.8 Å². The standard InChI is InChI=1S/C73H113N16O22PS/c1-39(2)31-45(79-63(97)44(25-26-59(94)95)78-66(100)47(34-43-17-9-8-10-18-43)77-58(93)36-76-57(92)35-75-56(91)24-12-11-23-55-61-50(38-113-55)83-73(107)85-61)64(98)81-48(33-41(5)6)69(103)87-28-14-21-53(87)68(102)84-60(42(7)111-112(108,109)110)72(106)89-30-16-22-54(89)71(105)88-29-15-20-52(88)67(101)80-46(32-40(3)4)65(99)82-49(37-90)70(104)86-27-13-19-51(86)62(74)96/h8-10,17-18,39-42,44-55,60-61,90H,11-16,19-38H2,1-7H3,(H2,74,96)(H,75,91)(H,76,92)(H,77,93)(H,78,100)(H,79,97)(H,80,101)(H,81,98)(H,82,99)(H,84,102)(H,94,95)(H2,83,85,107)(H2,108,109,110)/t42-,44+,45+,46+,47+,48+,49+,50+,51+,52+,53+,54+,55+,60+,61+/m1/s1. The number of nitrogens with zero attached hydrogens (tertiary/aromatic N) is 4. The van der Waals surface area contributed by atoms with Gasteiger partial charge in [0, 0.05) is 56.4 Å². The van der Waals surface area contributed by atoms with Gasteiger partial charge in [0.15, 0.2) is 0 Å². The number of carboxylic acids is 1. The molecule has 1 aromatic carbocycles. The quantitative estimate of drug-likeness (QED) is 0.0183. The minimum Gasteiger partial charge on any atom is -0.481 e. The molecule has 6 fully saturated rings. The number of nitrogens with two attached hydrogens (primary N) is 1. The molecule has 1 aromatic rings. The van der Waals surface area contributed by atoms with Crippen LogP contribution in [0.3, 0.4) is 0 Å². The number of carbonyl (C=O) groups excluding carboxylic acids is 15. The molecule has 17 N–H and O–H groups in total. The van der Waals surface area contributed by atoms with Gasteiger partial charge in [0.25, 0.3) is 0 Å². The summed E-state index contributed by atoms with van der Waals surface area (Å²) in [6.07, 6.45) is 0.672. The fourth-order valence-corrected chi connectivity index (χ4v) is 17.3. The van der Waals surface area contributed by atoms with E-state index in [9.17, 15) is 101 Å². The summed E-state index contributed by atoms with van der Waals surface area (Å²) in [7, 11) is -5.42.